The Balaban J connectivity index is 1.33. The number of ether oxygens (including phenoxy) is 3. The summed E-state index contributed by atoms with van der Waals surface area (Å²) in [6.45, 7) is 2.50. The number of piperidine rings is 1. The molecule has 2 aliphatic heterocycles. The second-order valence-electron chi connectivity index (χ2n) is 11.4. The number of anilines is 1. The molecule has 4 bridgehead atoms. The number of likely N-dealkylation sites (tertiary alicyclic amines) is 1. The number of hydrogen-bond donors (Lipinski definition) is 1. The summed E-state index contributed by atoms with van der Waals surface area (Å²) < 4.78 is 20.1. The highest BCUT2D eigenvalue weighted by atomic mass is 16.6. The maximum absolute atomic E-state index is 7.09. The van der Waals surface area contributed by atoms with Gasteiger partial charge >= 0.3 is 0 Å². The summed E-state index contributed by atoms with van der Waals surface area (Å²) in [7, 11) is 6.28. The van der Waals surface area contributed by atoms with Crippen molar-refractivity contribution in [1.82, 2.24) is 4.90 Å². The first kappa shape index (κ1) is 21.2. The minimum Gasteiger partial charge on any atom is -0.484 e. The highest BCUT2D eigenvalue weighted by Crippen LogP contribution is 2.76. The molecule has 0 aromatic heterocycles. The molecule has 6 aliphatic rings. The fourth-order valence-corrected chi connectivity index (χ4v) is 9.13. The monoisotopic (exact) mass is 460 g/mol. The van der Waals surface area contributed by atoms with Gasteiger partial charge in [-0.1, -0.05) is 36.4 Å². The number of benzene rings is 2. The number of hydrogen-bond acceptors (Lipinski definition) is 5. The van der Waals surface area contributed by atoms with Crippen LogP contribution < -0.4 is 10.1 Å². The normalized spacial score (nSPS) is 39.0. The second-order valence-corrected chi connectivity index (χ2v) is 11.4. The van der Waals surface area contributed by atoms with E-state index in [2.05, 4.69) is 59.7 Å². The molecule has 2 heterocycles. The Labute approximate surface area is 202 Å². The van der Waals surface area contributed by atoms with Gasteiger partial charge in [0.2, 0.25) is 0 Å². The zero-order valence-electron chi connectivity index (χ0n) is 20.6. The van der Waals surface area contributed by atoms with Gasteiger partial charge in [-0.15, -0.1) is 0 Å². The highest BCUT2D eigenvalue weighted by Gasteiger charge is 2.80. The summed E-state index contributed by atoms with van der Waals surface area (Å²) in [4.78, 5) is 2.65. The van der Waals surface area contributed by atoms with Gasteiger partial charge in [0, 0.05) is 42.5 Å². The fourth-order valence-electron chi connectivity index (χ4n) is 9.13. The quantitative estimate of drug-likeness (QED) is 0.693. The van der Waals surface area contributed by atoms with Gasteiger partial charge in [-0.2, -0.15) is 0 Å². The molecule has 5 nitrogen and oxygen atoms in total. The minimum absolute atomic E-state index is 0.0458. The second kappa shape index (κ2) is 7.22. The largest absolute Gasteiger partial charge is 0.484 e. The van der Waals surface area contributed by atoms with E-state index in [-0.39, 0.29) is 22.5 Å². The van der Waals surface area contributed by atoms with Crippen molar-refractivity contribution in [3.8, 4) is 5.75 Å². The molecule has 8 rings (SSSR count). The van der Waals surface area contributed by atoms with Crippen LogP contribution in [0.3, 0.4) is 0 Å². The molecule has 1 N–H and O–H groups in total. The van der Waals surface area contributed by atoms with E-state index in [1.807, 2.05) is 14.2 Å². The molecule has 2 aromatic carbocycles. The third-order valence-electron chi connectivity index (χ3n) is 10.5. The molecule has 3 saturated carbocycles. The summed E-state index contributed by atoms with van der Waals surface area (Å²) in [6.07, 6.45) is 5.76. The Bertz CT molecular complexity index is 1120. The van der Waals surface area contributed by atoms with Crippen LogP contribution in [0.2, 0.25) is 0 Å². The van der Waals surface area contributed by atoms with Crippen molar-refractivity contribution in [2.75, 3.05) is 39.7 Å². The fraction of sp³-hybridized carbons (Fsp3) is 0.586. The molecule has 0 amide bonds. The van der Waals surface area contributed by atoms with Crippen LogP contribution >= 0.6 is 0 Å². The number of nitrogens with one attached hydrogen (secondary N) is 1. The summed E-state index contributed by atoms with van der Waals surface area (Å²) in [5.41, 5.74) is 5.31. The van der Waals surface area contributed by atoms with E-state index in [1.54, 1.807) is 0 Å². The molecule has 4 aliphatic carbocycles. The van der Waals surface area contributed by atoms with Gasteiger partial charge < -0.3 is 24.4 Å². The van der Waals surface area contributed by atoms with E-state index in [9.17, 15) is 0 Å². The van der Waals surface area contributed by atoms with E-state index in [0.29, 0.717) is 18.6 Å². The Morgan fingerprint density at radius 3 is 2.76 bits per heavy atom. The van der Waals surface area contributed by atoms with Crippen LogP contribution in [0.5, 0.6) is 5.75 Å². The van der Waals surface area contributed by atoms with Crippen molar-refractivity contribution in [3.05, 3.63) is 59.2 Å². The topological polar surface area (TPSA) is 43.0 Å². The maximum atomic E-state index is 7.09. The summed E-state index contributed by atoms with van der Waals surface area (Å²) >= 11 is 0. The van der Waals surface area contributed by atoms with Crippen LogP contribution in [0.4, 0.5) is 5.69 Å². The molecule has 0 radical (unpaired) electrons. The van der Waals surface area contributed by atoms with Crippen LogP contribution in [0.1, 0.15) is 42.4 Å². The predicted octanol–water partition coefficient (Wildman–Crippen LogP) is 4.39. The van der Waals surface area contributed by atoms with Gasteiger partial charge in [-0.3, -0.25) is 0 Å². The van der Waals surface area contributed by atoms with Crippen LogP contribution in [0, 0.1) is 11.3 Å². The van der Waals surface area contributed by atoms with Gasteiger partial charge in [0.25, 0.3) is 0 Å². The van der Waals surface area contributed by atoms with Crippen molar-refractivity contribution < 1.29 is 14.2 Å². The van der Waals surface area contributed by atoms with Crippen LogP contribution in [-0.4, -0.2) is 57.0 Å². The van der Waals surface area contributed by atoms with E-state index in [4.69, 9.17) is 14.2 Å². The molecule has 2 spiro atoms. The van der Waals surface area contributed by atoms with E-state index in [0.717, 1.165) is 50.3 Å². The summed E-state index contributed by atoms with van der Waals surface area (Å²) in [5, 5.41) is 3.42. The van der Waals surface area contributed by atoms with Crippen LogP contribution in [-0.2, 0) is 27.9 Å². The lowest BCUT2D eigenvalue weighted by Crippen LogP contribution is -2.81. The standard InChI is InChI=1S/C29H36N2O3/c1-30-22-10-9-20-15-23-27-11-12-29(32-3,21(16-27)18-33-17-19-7-5-4-6-8-19)26-28(27,13-14-31(23)2)24(20)25(22)34-26/h4-10,21,23,26,30H,11-18H2,1-3H3. The maximum Gasteiger partial charge on any atom is 0.147 e. The number of fused-ring (bicyclic) bond motifs is 2. The third-order valence-corrected chi connectivity index (χ3v) is 10.5. The third kappa shape index (κ3) is 2.36. The van der Waals surface area contributed by atoms with Crippen molar-refractivity contribution >= 4 is 5.69 Å². The SMILES string of the molecule is CNc1ccc2c3c1OC1C4(OC)CCC5(CC4COCc4ccccc4)C(C2)N(C)CCC315. The van der Waals surface area contributed by atoms with Crippen LogP contribution in [0.25, 0.3) is 0 Å². The molecule has 2 aromatic rings. The lowest BCUT2D eigenvalue weighted by molar-refractivity contribution is -0.282. The van der Waals surface area contributed by atoms with Gasteiger partial charge in [0.15, 0.2) is 0 Å². The average molecular weight is 461 g/mol. The Kier molecular flexibility index (Phi) is 4.51. The number of rotatable bonds is 6. The number of likely N-dealkylation sites (N-methyl/N-ethyl adjacent to an activating group) is 1. The number of methoxy groups -OCH3 is 1. The first-order valence-corrected chi connectivity index (χ1v) is 13.0. The molecule has 180 valence electrons. The average Bonchev–Trinajstić information content (AvgIpc) is 3.24. The Morgan fingerprint density at radius 2 is 1.97 bits per heavy atom. The Morgan fingerprint density at radius 1 is 1.12 bits per heavy atom. The first-order valence-electron chi connectivity index (χ1n) is 13.0. The van der Waals surface area contributed by atoms with Crippen molar-refractivity contribution in [3.63, 3.8) is 0 Å². The van der Waals surface area contributed by atoms with Gasteiger partial charge in [-0.05, 0) is 62.9 Å². The molecule has 1 saturated heterocycles. The highest BCUT2D eigenvalue weighted by molar-refractivity contribution is 5.70. The first-order chi connectivity index (χ1) is 16.6. The number of nitrogens with zero attached hydrogens (tertiary/aromatic N) is 1. The lowest BCUT2D eigenvalue weighted by atomic mass is 9.35. The molecule has 6 unspecified atom stereocenters. The van der Waals surface area contributed by atoms with Gasteiger partial charge in [0.1, 0.15) is 17.5 Å². The Hall–Kier alpha value is -2.08. The van der Waals surface area contributed by atoms with E-state index < -0.39 is 0 Å². The molecular weight excluding hydrogens is 424 g/mol. The van der Waals surface area contributed by atoms with Gasteiger partial charge in [-0.25, -0.2) is 0 Å². The van der Waals surface area contributed by atoms with Crippen molar-refractivity contribution in [2.24, 2.45) is 11.3 Å². The minimum atomic E-state index is -0.308. The lowest BCUT2D eigenvalue weighted by Gasteiger charge is -2.73. The smallest absolute Gasteiger partial charge is 0.147 e. The predicted molar refractivity (Wildman–Crippen MR) is 132 cm³/mol. The summed E-state index contributed by atoms with van der Waals surface area (Å²) in [5.74, 6) is 1.43. The van der Waals surface area contributed by atoms with Crippen molar-refractivity contribution in [2.45, 2.75) is 61.9 Å². The van der Waals surface area contributed by atoms with Crippen molar-refractivity contribution in [1.29, 1.82) is 0 Å². The molecular formula is C29H36N2O3. The van der Waals surface area contributed by atoms with E-state index >= 15 is 0 Å². The van der Waals surface area contributed by atoms with E-state index in [1.165, 1.54) is 23.1 Å². The molecule has 5 heteroatoms. The van der Waals surface area contributed by atoms with Gasteiger partial charge in [0.05, 0.1) is 18.9 Å². The molecule has 4 fully saturated rings. The molecule has 6 atom stereocenters. The molecule has 34 heavy (non-hydrogen) atoms. The summed E-state index contributed by atoms with van der Waals surface area (Å²) in [6, 6.07) is 15.6. The zero-order chi connectivity index (χ0) is 23.1. The van der Waals surface area contributed by atoms with Crippen LogP contribution in [0.15, 0.2) is 42.5 Å². The zero-order valence-corrected chi connectivity index (χ0v) is 20.6.